The van der Waals surface area contributed by atoms with E-state index in [0.29, 0.717) is 18.1 Å². The molecule has 6 nitrogen and oxygen atoms in total. The first kappa shape index (κ1) is 17.4. The molecule has 0 amide bonds. The molecule has 0 radical (unpaired) electrons. The maximum absolute atomic E-state index is 5.80. The number of fused-ring (bicyclic) bond motifs is 1. The first-order valence-electron chi connectivity index (χ1n) is 10.3. The second-order valence-corrected chi connectivity index (χ2v) is 8.14. The molecule has 0 aromatic carbocycles. The Bertz CT molecular complexity index is 554. The van der Waals surface area contributed by atoms with Gasteiger partial charge >= 0.3 is 0 Å². The van der Waals surface area contributed by atoms with Crippen LogP contribution in [0.3, 0.4) is 0 Å². The first-order chi connectivity index (χ1) is 12.3. The lowest BCUT2D eigenvalue weighted by Gasteiger charge is -2.38. The highest BCUT2D eigenvalue weighted by Gasteiger charge is 2.28. The molecule has 1 aromatic heterocycles. The summed E-state index contributed by atoms with van der Waals surface area (Å²) in [5.41, 5.74) is 0. The molecule has 4 rings (SSSR count). The predicted octanol–water partition coefficient (Wildman–Crippen LogP) is 1.98. The molecule has 0 aliphatic carbocycles. The third-order valence-electron chi connectivity index (χ3n) is 6.18. The molecule has 25 heavy (non-hydrogen) atoms. The number of likely N-dealkylation sites (tertiary alicyclic amines) is 1. The van der Waals surface area contributed by atoms with Gasteiger partial charge in [0.05, 0.1) is 12.6 Å². The van der Waals surface area contributed by atoms with Gasteiger partial charge in [0, 0.05) is 38.7 Å². The second kappa shape index (κ2) is 8.14. The molecule has 1 N–H and O–H groups in total. The van der Waals surface area contributed by atoms with E-state index in [2.05, 4.69) is 31.9 Å². The molecule has 140 valence electrons. The number of nitrogens with one attached hydrogen (secondary N) is 1. The molecule has 3 aliphatic rings. The molecule has 3 aliphatic heterocycles. The third-order valence-corrected chi connectivity index (χ3v) is 6.18. The quantitative estimate of drug-likeness (QED) is 0.883. The Hall–Kier alpha value is -0.980. The normalized spacial score (nSPS) is 31.0. The van der Waals surface area contributed by atoms with Gasteiger partial charge in [0.2, 0.25) is 0 Å². The van der Waals surface area contributed by atoms with Crippen LogP contribution in [0.15, 0.2) is 0 Å². The topological polar surface area (TPSA) is 55.2 Å². The Morgan fingerprint density at radius 1 is 1.12 bits per heavy atom. The standard InChI is InChI=1S/C19H33N5O/c1-15-13-23(14-16-6-5-11-25-16)10-8-17(15)20-12-19-22-21-18-7-3-2-4-9-24(18)19/h15-17,20H,2-14H2,1H3/t15-,16-,17+/m1/s1. The Kier molecular flexibility index (Phi) is 5.68. The number of aryl methyl sites for hydroxylation is 1. The van der Waals surface area contributed by atoms with E-state index in [4.69, 9.17) is 4.74 Å². The fraction of sp³-hybridized carbons (Fsp3) is 0.895. The predicted molar refractivity (Wildman–Crippen MR) is 97.4 cm³/mol. The average Bonchev–Trinajstić information content (AvgIpc) is 3.19. The van der Waals surface area contributed by atoms with Crippen molar-refractivity contribution in [2.24, 2.45) is 5.92 Å². The van der Waals surface area contributed by atoms with Gasteiger partial charge in [0.1, 0.15) is 11.6 Å². The van der Waals surface area contributed by atoms with Gasteiger partial charge in [0.25, 0.3) is 0 Å². The van der Waals surface area contributed by atoms with Crippen LogP contribution in [0.5, 0.6) is 0 Å². The van der Waals surface area contributed by atoms with Gasteiger partial charge in [-0.1, -0.05) is 13.3 Å². The van der Waals surface area contributed by atoms with Gasteiger partial charge in [-0.2, -0.15) is 0 Å². The number of hydrogen-bond donors (Lipinski definition) is 1. The number of hydrogen-bond acceptors (Lipinski definition) is 5. The van der Waals surface area contributed by atoms with Crippen LogP contribution >= 0.6 is 0 Å². The van der Waals surface area contributed by atoms with E-state index in [0.717, 1.165) is 38.5 Å². The summed E-state index contributed by atoms with van der Waals surface area (Å²) in [4.78, 5) is 2.60. The van der Waals surface area contributed by atoms with Crippen LogP contribution in [0.2, 0.25) is 0 Å². The van der Waals surface area contributed by atoms with Crippen molar-refractivity contribution in [2.45, 2.75) is 77.1 Å². The van der Waals surface area contributed by atoms with Crippen molar-refractivity contribution >= 4 is 0 Å². The molecule has 0 unspecified atom stereocenters. The lowest BCUT2D eigenvalue weighted by molar-refractivity contribution is 0.0511. The van der Waals surface area contributed by atoms with Crippen LogP contribution in [-0.2, 0) is 24.2 Å². The van der Waals surface area contributed by atoms with Gasteiger partial charge in [0.15, 0.2) is 0 Å². The highest BCUT2D eigenvalue weighted by atomic mass is 16.5. The fourth-order valence-electron chi connectivity index (χ4n) is 4.68. The Balaban J connectivity index is 1.27. The third kappa shape index (κ3) is 4.23. The molecule has 0 saturated carbocycles. The summed E-state index contributed by atoms with van der Waals surface area (Å²) in [6.07, 6.45) is 9.09. The van der Waals surface area contributed by atoms with Crippen molar-refractivity contribution in [1.29, 1.82) is 0 Å². The van der Waals surface area contributed by atoms with E-state index in [9.17, 15) is 0 Å². The van der Waals surface area contributed by atoms with Crippen molar-refractivity contribution in [3.05, 3.63) is 11.6 Å². The number of aromatic nitrogens is 3. The van der Waals surface area contributed by atoms with E-state index in [-0.39, 0.29) is 0 Å². The lowest BCUT2D eigenvalue weighted by Crippen LogP contribution is -2.49. The SMILES string of the molecule is C[C@@H]1CN(C[C@H]2CCCO2)CC[C@@H]1NCc1nnc2n1CCCCC2. The van der Waals surface area contributed by atoms with Gasteiger partial charge in [-0.3, -0.25) is 0 Å². The highest BCUT2D eigenvalue weighted by Crippen LogP contribution is 2.21. The molecular weight excluding hydrogens is 314 g/mol. The van der Waals surface area contributed by atoms with Crippen LogP contribution < -0.4 is 5.32 Å². The summed E-state index contributed by atoms with van der Waals surface area (Å²) in [6.45, 7) is 8.76. The van der Waals surface area contributed by atoms with Crippen LogP contribution in [0.25, 0.3) is 0 Å². The van der Waals surface area contributed by atoms with E-state index >= 15 is 0 Å². The summed E-state index contributed by atoms with van der Waals surface area (Å²) in [6, 6.07) is 0.583. The average molecular weight is 348 g/mol. The minimum Gasteiger partial charge on any atom is -0.377 e. The van der Waals surface area contributed by atoms with Crippen LogP contribution in [0, 0.1) is 5.92 Å². The Morgan fingerprint density at radius 3 is 2.92 bits per heavy atom. The largest absolute Gasteiger partial charge is 0.377 e. The van der Waals surface area contributed by atoms with Crippen LogP contribution in [0.4, 0.5) is 0 Å². The molecule has 3 atom stereocenters. The van der Waals surface area contributed by atoms with Crippen LogP contribution in [0.1, 0.15) is 57.1 Å². The number of ether oxygens (including phenoxy) is 1. The minimum atomic E-state index is 0.475. The number of rotatable bonds is 5. The Labute approximate surface area is 151 Å². The lowest BCUT2D eigenvalue weighted by atomic mass is 9.93. The summed E-state index contributed by atoms with van der Waals surface area (Å²) in [7, 11) is 0. The van der Waals surface area contributed by atoms with E-state index in [1.807, 2.05) is 0 Å². The van der Waals surface area contributed by atoms with E-state index in [1.54, 1.807) is 0 Å². The van der Waals surface area contributed by atoms with Gasteiger partial charge < -0.3 is 19.5 Å². The minimum absolute atomic E-state index is 0.475. The first-order valence-corrected chi connectivity index (χ1v) is 10.3. The smallest absolute Gasteiger partial charge is 0.147 e. The van der Waals surface area contributed by atoms with Crippen molar-refractivity contribution in [3.8, 4) is 0 Å². The summed E-state index contributed by atoms with van der Waals surface area (Å²) < 4.78 is 8.16. The molecule has 6 heteroatoms. The second-order valence-electron chi connectivity index (χ2n) is 8.14. The zero-order valence-corrected chi connectivity index (χ0v) is 15.6. The molecule has 2 saturated heterocycles. The van der Waals surface area contributed by atoms with E-state index < -0.39 is 0 Å². The van der Waals surface area contributed by atoms with Crippen molar-refractivity contribution < 1.29 is 4.74 Å². The van der Waals surface area contributed by atoms with E-state index in [1.165, 1.54) is 57.4 Å². The number of nitrogens with zero attached hydrogens (tertiary/aromatic N) is 4. The maximum atomic E-state index is 5.80. The molecule has 1 aromatic rings. The van der Waals surface area contributed by atoms with Crippen LogP contribution in [-0.4, -0.2) is 58.1 Å². The zero-order chi connectivity index (χ0) is 17.1. The fourth-order valence-corrected chi connectivity index (χ4v) is 4.68. The van der Waals surface area contributed by atoms with Crippen molar-refractivity contribution in [2.75, 3.05) is 26.2 Å². The van der Waals surface area contributed by atoms with Gasteiger partial charge in [-0.05, 0) is 44.6 Å². The maximum Gasteiger partial charge on any atom is 0.147 e. The molecule has 4 heterocycles. The molecule has 0 bridgehead atoms. The monoisotopic (exact) mass is 347 g/mol. The molecular formula is C19H33N5O. The molecule has 0 spiro atoms. The van der Waals surface area contributed by atoms with Crippen molar-refractivity contribution in [1.82, 2.24) is 25.0 Å². The molecule has 2 fully saturated rings. The zero-order valence-electron chi connectivity index (χ0n) is 15.6. The summed E-state index contributed by atoms with van der Waals surface area (Å²) in [5, 5.41) is 12.7. The Morgan fingerprint density at radius 2 is 2.08 bits per heavy atom. The number of piperidine rings is 1. The summed E-state index contributed by atoms with van der Waals surface area (Å²) in [5.74, 6) is 2.99. The highest BCUT2D eigenvalue weighted by molar-refractivity contribution is 4.98. The van der Waals surface area contributed by atoms with Gasteiger partial charge in [-0.25, -0.2) is 0 Å². The summed E-state index contributed by atoms with van der Waals surface area (Å²) >= 11 is 0. The van der Waals surface area contributed by atoms with Gasteiger partial charge in [-0.15, -0.1) is 10.2 Å². The van der Waals surface area contributed by atoms with Crippen molar-refractivity contribution in [3.63, 3.8) is 0 Å².